The molecule has 156 valence electrons. The average Bonchev–Trinajstić information content (AvgIpc) is 3.03. The van der Waals surface area contributed by atoms with Crippen molar-refractivity contribution >= 4 is 23.1 Å². The molecular weight excluding hydrogens is 387 g/mol. The number of carbonyl (C=O) groups excluding carboxylic acids is 2. The second-order valence-corrected chi connectivity index (χ2v) is 7.12. The molecule has 2 heterocycles. The molecule has 2 aromatic rings. The van der Waals surface area contributed by atoms with Gasteiger partial charge in [-0.25, -0.2) is 9.29 Å². The highest BCUT2D eigenvalue weighted by Gasteiger charge is 2.42. The highest BCUT2D eigenvalue weighted by molar-refractivity contribution is 6.45. The van der Waals surface area contributed by atoms with Crippen LogP contribution in [0.15, 0.2) is 54.2 Å². The summed E-state index contributed by atoms with van der Waals surface area (Å²) in [5, 5.41) is 0. The summed E-state index contributed by atoms with van der Waals surface area (Å²) >= 11 is 0. The summed E-state index contributed by atoms with van der Waals surface area (Å²) in [6.45, 7) is 4.59. The zero-order valence-corrected chi connectivity index (χ0v) is 16.8. The molecule has 0 bridgehead atoms. The standard InChI is InChI=1S/C23H23FN2O4/c1-2-12-30-19-8-6-16(7-9-19)20-21(25-10-13-29-14-11-25)23(28)26(22(20)27)18-5-3-4-17(24)15-18/h3-9,15H,2,10-14H2,1H3. The second kappa shape index (κ2) is 8.67. The Balaban J connectivity index is 1.75. The summed E-state index contributed by atoms with van der Waals surface area (Å²) in [4.78, 5) is 29.6. The van der Waals surface area contributed by atoms with Crippen LogP contribution in [0.4, 0.5) is 10.1 Å². The molecular formula is C23H23FN2O4. The molecule has 2 aliphatic rings. The molecule has 7 heteroatoms. The predicted molar refractivity (Wildman–Crippen MR) is 110 cm³/mol. The molecule has 0 radical (unpaired) electrons. The molecule has 2 aliphatic heterocycles. The first kappa shape index (κ1) is 20.1. The molecule has 30 heavy (non-hydrogen) atoms. The number of ether oxygens (including phenoxy) is 2. The number of imide groups is 1. The first-order valence-corrected chi connectivity index (χ1v) is 10.0. The van der Waals surface area contributed by atoms with Crippen LogP contribution in [0, 0.1) is 5.82 Å². The van der Waals surface area contributed by atoms with Gasteiger partial charge in [0.05, 0.1) is 31.1 Å². The van der Waals surface area contributed by atoms with Gasteiger partial charge in [-0.1, -0.05) is 25.1 Å². The van der Waals surface area contributed by atoms with Crippen LogP contribution in [0.3, 0.4) is 0 Å². The Morgan fingerprint density at radius 1 is 1.03 bits per heavy atom. The summed E-state index contributed by atoms with van der Waals surface area (Å²) in [6.07, 6.45) is 0.893. The van der Waals surface area contributed by atoms with Gasteiger partial charge < -0.3 is 14.4 Å². The smallest absolute Gasteiger partial charge is 0.282 e. The van der Waals surface area contributed by atoms with Crippen LogP contribution in [-0.4, -0.2) is 49.6 Å². The van der Waals surface area contributed by atoms with Gasteiger partial charge in [-0.15, -0.1) is 0 Å². The number of morpholine rings is 1. The van der Waals surface area contributed by atoms with Gasteiger partial charge in [0.25, 0.3) is 11.8 Å². The van der Waals surface area contributed by atoms with Gasteiger partial charge in [0, 0.05) is 13.1 Å². The van der Waals surface area contributed by atoms with Crippen molar-refractivity contribution in [1.29, 1.82) is 0 Å². The van der Waals surface area contributed by atoms with E-state index in [0.29, 0.717) is 55.5 Å². The molecule has 2 amide bonds. The summed E-state index contributed by atoms with van der Waals surface area (Å²) in [6, 6.07) is 12.6. The first-order chi connectivity index (χ1) is 14.6. The van der Waals surface area contributed by atoms with Crippen molar-refractivity contribution in [1.82, 2.24) is 4.90 Å². The fraction of sp³-hybridized carbons (Fsp3) is 0.304. The van der Waals surface area contributed by atoms with Crippen molar-refractivity contribution in [2.45, 2.75) is 13.3 Å². The van der Waals surface area contributed by atoms with Gasteiger partial charge in [0.1, 0.15) is 17.3 Å². The predicted octanol–water partition coefficient (Wildman–Crippen LogP) is 3.23. The van der Waals surface area contributed by atoms with Gasteiger partial charge in [0.15, 0.2) is 0 Å². The molecule has 6 nitrogen and oxygen atoms in total. The second-order valence-electron chi connectivity index (χ2n) is 7.12. The quantitative estimate of drug-likeness (QED) is 0.685. The zero-order valence-electron chi connectivity index (χ0n) is 16.8. The van der Waals surface area contributed by atoms with E-state index >= 15 is 0 Å². The van der Waals surface area contributed by atoms with E-state index in [9.17, 15) is 14.0 Å². The van der Waals surface area contributed by atoms with Crippen LogP contribution in [0.5, 0.6) is 5.75 Å². The first-order valence-electron chi connectivity index (χ1n) is 10.0. The minimum atomic E-state index is -0.508. The zero-order chi connectivity index (χ0) is 21.1. The molecule has 0 aliphatic carbocycles. The van der Waals surface area contributed by atoms with Crippen LogP contribution >= 0.6 is 0 Å². The van der Waals surface area contributed by atoms with Crippen LogP contribution in [0.25, 0.3) is 5.57 Å². The van der Waals surface area contributed by atoms with Crippen molar-refractivity contribution < 1.29 is 23.5 Å². The van der Waals surface area contributed by atoms with Crippen LogP contribution in [0.2, 0.25) is 0 Å². The Bertz CT molecular complexity index is 981. The molecule has 0 atom stereocenters. The lowest BCUT2D eigenvalue weighted by molar-refractivity contribution is -0.121. The van der Waals surface area contributed by atoms with E-state index in [1.165, 1.54) is 18.2 Å². The largest absolute Gasteiger partial charge is 0.494 e. The Hall–Kier alpha value is -3.19. The van der Waals surface area contributed by atoms with E-state index in [1.807, 2.05) is 11.8 Å². The summed E-state index contributed by atoms with van der Waals surface area (Å²) < 4.78 is 24.8. The number of hydrogen-bond acceptors (Lipinski definition) is 5. The highest BCUT2D eigenvalue weighted by atomic mass is 19.1. The third kappa shape index (κ3) is 3.80. The number of halogens is 1. The SMILES string of the molecule is CCCOc1ccc(C2=C(N3CCOCC3)C(=O)N(c3cccc(F)c3)C2=O)cc1. The van der Waals surface area contributed by atoms with Gasteiger partial charge >= 0.3 is 0 Å². The van der Waals surface area contributed by atoms with Gasteiger partial charge in [0.2, 0.25) is 0 Å². The van der Waals surface area contributed by atoms with E-state index in [2.05, 4.69) is 0 Å². The number of hydrogen-bond donors (Lipinski definition) is 0. The Morgan fingerprint density at radius 3 is 2.43 bits per heavy atom. The summed E-state index contributed by atoms with van der Waals surface area (Å²) in [5.41, 5.74) is 1.48. The van der Waals surface area contributed by atoms with Crippen LogP contribution < -0.4 is 9.64 Å². The summed E-state index contributed by atoms with van der Waals surface area (Å²) in [5.74, 6) is -0.720. The fourth-order valence-electron chi connectivity index (χ4n) is 3.65. The van der Waals surface area contributed by atoms with E-state index < -0.39 is 17.6 Å². The third-order valence-electron chi connectivity index (χ3n) is 5.07. The minimum absolute atomic E-state index is 0.216. The monoisotopic (exact) mass is 410 g/mol. The van der Waals surface area contributed by atoms with Crippen molar-refractivity contribution in [3.05, 3.63) is 65.6 Å². The Labute approximate surface area is 174 Å². The molecule has 0 aromatic heterocycles. The van der Waals surface area contributed by atoms with Gasteiger partial charge in [-0.05, 0) is 42.3 Å². The number of anilines is 1. The van der Waals surface area contributed by atoms with Crippen LogP contribution in [-0.2, 0) is 14.3 Å². The number of rotatable bonds is 6. The van der Waals surface area contributed by atoms with Gasteiger partial charge in [-0.3, -0.25) is 9.59 Å². The van der Waals surface area contributed by atoms with Crippen molar-refractivity contribution in [2.24, 2.45) is 0 Å². The molecule has 1 saturated heterocycles. The van der Waals surface area contributed by atoms with Crippen molar-refractivity contribution in [3.63, 3.8) is 0 Å². The topological polar surface area (TPSA) is 59.1 Å². The molecule has 0 spiro atoms. The number of nitrogens with zero attached hydrogens (tertiary/aromatic N) is 2. The molecule has 4 rings (SSSR count). The molecule has 1 fully saturated rings. The maximum atomic E-state index is 13.8. The Kier molecular flexibility index (Phi) is 5.81. The van der Waals surface area contributed by atoms with Crippen molar-refractivity contribution in [3.8, 4) is 5.75 Å². The number of carbonyl (C=O) groups is 2. The Morgan fingerprint density at radius 2 is 1.77 bits per heavy atom. The number of benzene rings is 2. The number of amides is 2. The van der Waals surface area contributed by atoms with Gasteiger partial charge in [-0.2, -0.15) is 0 Å². The minimum Gasteiger partial charge on any atom is -0.494 e. The lowest BCUT2D eigenvalue weighted by Gasteiger charge is -2.29. The van der Waals surface area contributed by atoms with Crippen LogP contribution in [0.1, 0.15) is 18.9 Å². The maximum Gasteiger partial charge on any atom is 0.282 e. The fourth-order valence-corrected chi connectivity index (χ4v) is 3.65. The normalized spacial score (nSPS) is 17.1. The average molecular weight is 410 g/mol. The molecule has 0 N–H and O–H groups in total. The molecule has 2 aromatic carbocycles. The van der Waals surface area contributed by atoms with E-state index in [4.69, 9.17) is 9.47 Å². The maximum absolute atomic E-state index is 13.8. The lowest BCUT2D eigenvalue weighted by Crippen LogP contribution is -2.40. The summed E-state index contributed by atoms with van der Waals surface area (Å²) in [7, 11) is 0. The highest BCUT2D eigenvalue weighted by Crippen LogP contribution is 2.35. The van der Waals surface area contributed by atoms with E-state index in [-0.39, 0.29) is 5.69 Å². The van der Waals surface area contributed by atoms with E-state index in [1.54, 1.807) is 30.3 Å². The third-order valence-corrected chi connectivity index (χ3v) is 5.07. The molecule has 0 saturated carbocycles. The van der Waals surface area contributed by atoms with Crippen molar-refractivity contribution in [2.75, 3.05) is 37.8 Å². The molecule has 0 unspecified atom stereocenters. The van der Waals surface area contributed by atoms with E-state index in [0.717, 1.165) is 11.3 Å². The lowest BCUT2D eigenvalue weighted by atomic mass is 10.0.